The average Bonchev–Trinajstić information content (AvgIpc) is 3.15. The highest BCUT2D eigenvalue weighted by molar-refractivity contribution is 6.06. The highest BCUT2D eigenvalue weighted by Crippen LogP contribution is 2.31. The van der Waals surface area contributed by atoms with Crippen LogP contribution in [0.2, 0.25) is 0 Å². The first-order valence-corrected chi connectivity index (χ1v) is 13.4. The second-order valence-corrected chi connectivity index (χ2v) is 10.8. The minimum Gasteiger partial charge on any atom is -0.374 e. The first-order valence-electron chi connectivity index (χ1n) is 13.4. The van der Waals surface area contributed by atoms with Crippen molar-refractivity contribution in [3.8, 4) is 11.3 Å². The average molecular weight is 560 g/mol. The molecule has 11 heteroatoms. The van der Waals surface area contributed by atoms with E-state index in [-0.39, 0.29) is 11.4 Å². The van der Waals surface area contributed by atoms with Crippen molar-refractivity contribution in [2.24, 2.45) is 0 Å². The Labute approximate surface area is 237 Å². The van der Waals surface area contributed by atoms with Crippen molar-refractivity contribution < 1.29 is 13.9 Å². The van der Waals surface area contributed by atoms with Crippen LogP contribution in [-0.4, -0.2) is 57.1 Å². The number of ether oxygens (including phenoxy) is 1. The van der Waals surface area contributed by atoms with Crippen LogP contribution in [0.3, 0.4) is 0 Å². The fourth-order valence-electron chi connectivity index (χ4n) is 4.89. The van der Waals surface area contributed by atoms with E-state index in [2.05, 4.69) is 30.8 Å². The molecule has 5 rings (SSSR count). The highest BCUT2D eigenvalue weighted by atomic mass is 19.1. The van der Waals surface area contributed by atoms with Gasteiger partial charge in [0.05, 0.1) is 29.2 Å². The van der Waals surface area contributed by atoms with Gasteiger partial charge in [0.1, 0.15) is 11.5 Å². The van der Waals surface area contributed by atoms with Crippen LogP contribution in [0.5, 0.6) is 0 Å². The van der Waals surface area contributed by atoms with Crippen molar-refractivity contribution in [2.75, 3.05) is 31.3 Å². The molecule has 1 aliphatic heterocycles. The van der Waals surface area contributed by atoms with E-state index in [9.17, 15) is 9.59 Å². The number of carbonyl (C=O) groups is 1. The lowest BCUT2D eigenvalue weighted by Gasteiger charge is -2.24. The van der Waals surface area contributed by atoms with Gasteiger partial charge in [0, 0.05) is 37.4 Å². The molecule has 0 atom stereocenters. The molecule has 214 valence electrons. The van der Waals surface area contributed by atoms with E-state index in [4.69, 9.17) is 4.74 Å². The second-order valence-electron chi connectivity index (χ2n) is 10.8. The van der Waals surface area contributed by atoms with Crippen LogP contribution in [0, 0.1) is 12.7 Å². The molecular weight excluding hydrogens is 525 g/mol. The van der Waals surface area contributed by atoms with Gasteiger partial charge in [-0.2, -0.15) is 10.2 Å². The van der Waals surface area contributed by atoms with Crippen LogP contribution in [0.1, 0.15) is 31.5 Å². The molecule has 3 heterocycles. The lowest BCUT2D eigenvalue weighted by Crippen LogP contribution is -2.30. The van der Waals surface area contributed by atoms with Gasteiger partial charge in [-0.15, -0.1) is 0 Å². The number of carbonyl (C=O) groups excluding carboxylic acids is 1. The maximum absolute atomic E-state index is 15.0. The Morgan fingerprint density at radius 3 is 2.76 bits per heavy atom. The van der Waals surface area contributed by atoms with Gasteiger partial charge in [0.15, 0.2) is 5.82 Å². The molecule has 0 bridgehead atoms. The Kier molecular flexibility index (Phi) is 7.74. The SMILES string of the molecule is COC(C)(C)C1=CCC=C(C(=O)Nc2c(F)ccc(-c3cc(Nc4cc5n(n4)CCN(C)C5)c(=O)[nH]n3)c2C)C=C1. The lowest BCUT2D eigenvalue weighted by molar-refractivity contribution is -0.112. The molecule has 0 fully saturated rings. The van der Waals surface area contributed by atoms with Crippen molar-refractivity contribution in [2.45, 2.75) is 45.9 Å². The lowest BCUT2D eigenvalue weighted by atomic mass is 9.97. The fourth-order valence-corrected chi connectivity index (χ4v) is 4.89. The van der Waals surface area contributed by atoms with E-state index in [0.717, 1.165) is 30.9 Å². The first-order chi connectivity index (χ1) is 19.6. The van der Waals surface area contributed by atoms with Gasteiger partial charge >= 0.3 is 0 Å². The van der Waals surface area contributed by atoms with E-state index < -0.39 is 22.9 Å². The number of allylic oxidation sites excluding steroid dienone is 2. The van der Waals surface area contributed by atoms with E-state index in [1.807, 2.05) is 43.8 Å². The van der Waals surface area contributed by atoms with E-state index in [1.54, 1.807) is 38.3 Å². The number of likely N-dealkylation sites (N-methyl/N-ethyl adjacent to an activating group) is 1. The Morgan fingerprint density at radius 1 is 1.17 bits per heavy atom. The molecule has 3 aromatic rings. The summed E-state index contributed by atoms with van der Waals surface area (Å²) < 4.78 is 22.5. The highest BCUT2D eigenvalue weighted by Gasteiger charge is 2.23. The molecule has 0 saturated carbocycles. The molecule has 2 aromatic heterocycles. The van der Waals surface area contributed by atoms with Crippen LogP contribution in [0.25, 0.3) is 11.3 Å². The summed E-state index contributed by atoms with van der Waals surface area (Å²) in [5.41, 5.74) is 3.23. The van der Waals surface area contributed by atoms with Crippen molar-refractivity contribution in [1.29, 1.82) is 0 Å². The molecular formula is C30H34FN7O3. The molecule has 1 aliphatic carbocycles. The Hall–Kier alpha value is -4.35. The third kappa shape index (κ3) is 5.91. The van der Waals surface area contributed by atoms with Gasteiger partial charge in [-0.3, -0.25) is 19.2 Å². The first kappa shape index (κ1) is 28.2. The zero-order valence-electron chi connectivity index (χ0n) is 23.8. The number of rotatable bonds is 7. The summed E-state index contributed by atoms with van der Waals surface area (Å²) in [5.74, 6) is -0.456. The van der Waals surface area contributed by atoms with Gasteiger partial charge < -0.3 is 15.4 Å². The summed E-state index contributed by atoms with van der Waals surface area (Å²) in [6.45, 7) is 8.04. The van der Waals surface area contributed by atoms with Crippen molar-refractivity contribution in [3.05, 3.63) is 87.1 Å². The largest absolute Gasteiger partial charge is 0.374 e. The number of aromatic nitrogens is 4. The summed E-state index contributed by atoms with van der Waals surface area (Å²) in [7, 11) is 3.69. The van der Waals surface area contributed by atoms with E-state index in [0.29, 0.717) is 34.6 Å². The third-order valence-electron chi connectivity index (χ3n) is 7.57. The Bertz CT molecular complexity index is 1650. The Morgan fingerprint density at radius 2 is 1.98 bits per heavy atom. The van der Waals surface area contributed by atoms with Crippen molar-refractivity contribution >= 4 is 23.1 Å². The quantitative estimate of drug-likeness (QED) is 0.392. The normalized spacial score (nSPS) is 15.6. The van der Waals surface area contributed by atoms with Gasteiger partial charge in [-0.25, -0.2) is 9.49 Å². The molecule has 1 aromatic carbocycles. The fraction of sp³-hybridized carbons (Fsp3) is 0.333. The molecule has 41 heavy (non-hydrogen) atoms. The standard InChI is InChI=1S/C30H34FN7O3/c1-18-22(24-16-25(29(40)35-34-24)32-26-15-21-17-37(4)13-14-38(21)36-26)11-12-23(31)27(18)33-28(39)19-7-6-8-20(10-9-19)30(2,3)41-5/h7-12,15-16H,6,13-14,17H2,1-5H3,(H,33,39)(H,35,40)(H,32,34,36). The molecule has 0 radical (unpaired) electrons. The Balaban J connectivity index is 1.38. The molecule has 0 saturated heterocycles. The number of hydrogen-bond donors (Lipinski definition) is 3. The predicted octanol–water partition coefficient (Wildman–Crippen LogP) is 4.45. The molecule has 2 aliphatic rings. The number of methoxy groups -OCH3 is 1. The van der Waals surface area contributed by atoms with E-state index >= 15 is 4.39 Å². The molecule has 1 amide bonds. The predicted molar refractivity (Wildman–Crippen MR) is 156 cm³/mol. The maximum atomic E-state index is 15.0. The number of amides is 1. The number of benzene rings is 1. The third-order valence-corrected chi connectivity index (χ3v) is 7.57. The van der Waals surface area contributed by atoms with Crippen molar-refractivity contribution in [3.63, 3.8) is 0 Å². The van der Waals surface area contributed by atoms with Gasteiger partial charge in [0.25, 0.3) is 11.5 Å². The zero-order valence-corrected chi connectivity index (χ0v) is 23.8. The van der Waals surface area contributed by atoms with Gasteiger partial charge in [-0.1, -0.05) is 18.2 Å². The monoisotopic (exact) mass is 559 g/mol. The van der Waals surface area contributed by atoms with Gasteiger partial charge in [-0.05, 0) is 69.7 Å². The molecule has 0 unspecified atom stereocenters. The van der Waals surface area contributed by atoms with Crippen LogP contribution in [0.4, 0.5) is 21.6 Å². The summed E-state index contributed by atoms with van der Waals surface area (Å²) in [6.07, 6.45) is 7.87. The summed E-state index contributed by atoms with van der Waals surface area (Å²) in [4.78, 5) is 28.0. The molecule has 0 spiro atoms. The number of fused-ring (bicyclic) bond motifs is 1. The maximum Gasteiger partial charge on any atom is 0.287 e. The topological polar surface area (TPSA) is 117 Å². The summed E-state index contributed by atoms with van der Waals surface area (Å²) >= 11 is 0. The minimum absolute atomic E-state index is 0.0462. The second kappa shape index (κ2) is 11.3. The van der Waals surface area contributed by atoms with Crippen molar-refractivity contribution in [1.82, 2.24) is 24.9 Å². The number of halogens is 1. The number of nitrogens with zero attached hydrogens (tertiary/aromatic N) is 4. The van der Waals surface area contributed by atoms with Crippen LogP contribution in [0.15, 0.2) is 64.5 Å². The minimum atomic E-state index is -0.575. The molecule has 10 nitrogen and oxygen atoms in total. The number of anilines is 3. The van der Waals surface area contributed by atoms with Crippen LogP contribution >= 0.6 is 0 Å². The number of H-pyrrole nitrogens is 1. The summed E-state index contributed by atoms with van der Waals surface area (Å²) in [6, 6.07) is 6.35. The number of nitrogens with one attached hydrogen (secondary N) is 3. The van der Waals surface area contributed by atoms with Gasteiger partial charge in [0.2, 0.25) is 0 Å². The zero-order chi connectivity index (χ0) is 29.3. The summed E-state index contributed by atoms with van der Waals surface area (Å²) in [5, 5.41) is 17.1. The number of aromatic amines is 1. The van der Waals surface area contributed by atoms with Crippen LogP contribution < -0.4 is 16.2 Å². The van der Waals surface area contributed by atoms with Crippen LogP contribution in [-0.2, 0) is 22.6 Å². The number of hydrogen-bond acceptors (Lipinski definition) is 7. The smallest absolute Gasteiger partial charge is 0.287 e. The van der Waals surface area contributed by atoms with E-state index in [1.165, 1.54) is 6.07 Å². The molecule has 3 N–H and O–H groups in total.